The molecule has 1 fully saturated rings. The number of rotatable bonds is 4. The van der Waals surface area contributed by atoms with Crippen LogP contribution in [0.2, 0.25) is 0 Å². The van der Waals surface area contributed by atoms with Gasteiger partial charge in [0, 0.05) is 6.20 Å². The molecule has 168 valence electrons. The molecule has 0 amide bonds. The molecule has 0 aromatic carbocycles. The fraction of sp³-hybridized carbons (Fsp3) is 0.444. The van der Waals surface area contributed by atoms with Crippen molar-refractivity contribution in [2.45, 2.75) is 37.5 Å². The minimum atomic E-state index is -0.788. The predicted molar refractivity (Wildman–Crippen MR) is 106 cm³/mol. The molecule has 0 bridgehead atoms. The van der Waals surface area contributed by atoms with Crippen LogP contribution in [0.25, 0.3) is 0 Å². The van der Waals surface area contributed by atoms with Crippen LogP contribution in [0.15, 0.2) is 40.2 Å². The van der Waals surface area contributed by atoms with Gasteiger partial charge in [-0.3, -0.25) is 9.13 Å². The molecule has 4 atom stereocenters. The van der Waals surface area contributed by atoms with Crippen molar-refractivity contribution in [2.24, 2.45) is 0 Å². The zero-order valence-electron chi connectivity index (χ0n) is 16.4. The Morgan fingerprint density at radius 3 is 2.42 bits per heavy atom. The molecule has 2 aliphatic rings. The van der Waals surface area contributed by atoms with Crippen molar-refractivity contribution < 1.29 is 24.1 Å². The maximum Gasteiger partial charge on any atom is 0.352 e. The van der Waals surface area contributed by atoms with Gasteiger partial charge in [-0.2, -0.15) is 9.97 Å². The highest BCUT2D eigenvalue weighted by Crippen LogP contribution is 2.26. The minimum Gasteiger partial charge on any atom is -0.394 e. The average molecular weight is 438 g/mol. The van der Waals surface area contributed by atoms with E-state index in [9.17, 15) is 14.0 Å². The fourth-order valence-corrected chi connectivity index (χ4v) is 3.06. The van der Waals surface area contributed by atoms with Crippen LogP contribution >= 0.6 is 0 Å². The Hall–Kier alpha value is -3.13. The number of anilines is 2. The highest BCUT2D eigenvalue weighted by atomic mass is 19.1. The SMILES string of the molecule is Nc1ccn([C@H]2CC[C@@H](CO)O2)c(=O)n1.Nc1nc(=O)n([C@@H]2C=C[C@H](CO)O2)cc1F. The van der Waals surface area contributed by atoms with Gasteiger partial charge in [0.05, 0.1) is 25.5 Å². The molecule has 31 heavy (non-hydrogen) atoms. The summed E-state index contributed by atoms with van der Waals surface area (Å²) < 4.78 is 26.2. The molecule has 6 N–H and O–H groups in total. The number of hydrogen-bond acceptors (Lipinski definition) is 10. The minimum absolute atomic E-state index is 0.0202. The third kappa shape index (κ3) is 5.32. The highest BCUT2D eigenvalue weighted by molar-refractivity contribution is 5.26. The van der Waals surface area contributed by atoms with Crippen LogP contribution in [0.1, 0.15) is 25.3 Å². The molecule has 0 unspecified atom stereocenters. The van der Waals surface area contributed by atoms with Crippen LogP contribution in [0.5, 0.6) is 0 Å². The third-order valence-corrected chi connectivity index (χ3v) is 4.64. The Bertz CT molecular complexity index is 1060. The molecule has 0 radical (unpaired) electrons. The van der Waals surface area contributed by atoms with Gasteiger partial charge in [0.25, 0.3) is 0 Å². The van der Waals surface area contributed by atoms with Crippen LogP contribution < -0.4 is 22.8 Å². The molecule has 2 aromatic rings. The van der Waals surface area contributed by atoms with Crippen LogP contribution in [-0.2, 0) is 9.47 Å². The van der Waals surface area contributed by atoms with Crippen LogP contribution in [-0.4, -0.2) is 54.7 Å². The Balaban J connectivity index is 0.000000176. The van der Waals surface area contributed by atoms with Crippen molar-refractivity contribution in [3.63, 3.8) is 0 Å². The van der Waals surface area contributed by atoms with Crippen molar-refractivity contribution in [3.05, 3.63) is 57.4 Å². The molecular weight excluding hydrogens is 415 g/mol. The lowest BCUT2D eigenvalue weighted by Crippen LogP contribution is -2.29. The largest absolute Gasteiger partial charge is 0.394 e. The summed E-state index contributed by atoms with van der Waals surface area (Å²) in [6.07, 6.45) is 5.32. The maximum atomic E-state index is 13.1. The number of nitrogen functional groups attached to an aromatic ring is 2. The van der Waals surface area contributed by atoms with Gasteiger partial charge >= 0.3 is 11.4 Å². The Morgan fingerprint density at radius 2 is 1.81 bits per heavy atom. The molecule has 4 rings (SSSR count). The summed E-state index contributed by atoms with van der Waals surface area (Å²) in [5.41, 5.74) is 9.40. The van der Waals surface area contributed by atoms with Crippen molar-refractivity contribution in [1.29, 1.82) is 0 Å². The van der Waals surface area contributed by atoms with Crippen molar-refractivity contribution >= 4 is 11.6 Å². The van der Waals surface area contributed by atoms with Gasteiger partial charge in [-0.15, -0.1) is 0 Å². The van der Waals surface area contributed by atoms with Crippen molar-refractivity contribution in [1.82, 2.24) is 19.1 Å². The number of nitrogens with two attached hydrogens (primary N) is 2. The Kier molecular flexibility index (Phi) is 7.12. The first-order chi connectivity index (χ1) is 14.8. The Labute approximate surface area is 175 Å². The van der Waals surface area contributed by atoms with Gasteiger partial charge < -0.3 is 31.2 Å². The molecular formula is C18H23FN6O6. The van der Waals surface area contributed by atoms with E-state index in [1.54, 1.807) is 24.4 Å². The number of ether oxygens (including phenoxy) is 2. The first-order valence-corrected chi connectivity index (χ1v) is 9.42. The summed E-state index contributed by atoms with van der Waals surface area (Å²) in [5, 5.41) is 17.7. The first kappa shape index (κ1) is 22.6. The molecule has 12 nitrogen and oxygen atoms in total. The standard InChI is InChI=1S/C9H10FN3O3.C9H13N3O3/c10-6-3-13(9(15)12-8(6)11)7-2-1-5(4-14)16-7;10-7-3-4-12(9(14)11-7)8-2-1-6(5-13)15-8/h1-3,5,7,14H,4H2,(H2,11,12,15);3-4,6,8,13H,1-2,5H2,(H2,10,11,14)/t5-,7+;6-,8+/m10/s1. The molecule has 2 aromatic heterocycles. The van der Waals surface area contributed by atoms with Gasteiger partial charge in [-0.25, -0.2) is 14.0 Å². The summed E-state index contributed by atoms with van der Waals surface area (Å²) in [5.74, 6) is -1.03. The number of aliphatic hydroxyl groups excluding tert-OH is 2. The number of aliphatic hydroxyl groups is 2. The van der Waals surface area contributed by atoms with Gasteiger partial charge in [-0.1, -0.05) is 6.08 Å². The lowest BCUT2D eigenvalue weighted by Gasteiger charge is -2.14. The summed E-state index contributed by atoms with van der Waals surface area (Å²) in [6, 6.07) is 1.55. The molecule has 4 heterocycles. The quantitative estimate of drug-likeness (QED) is 0.428. The van der Waals surface area contributed by atoms with E-state index in [4.69, 9.17) is 31.2 Å². The molecule has 0 saturated carbocycles. The van der Waals surface area contributed by atoms with Crippen molar-refractivity contribution in [3.8, 4) is 0 Å². The van der Waals surface area contributed by atoms with Gasteiger partial charge in [0.15, 0.2) is 17.9 Å². The summed E-state index contributed by atoms with van der Waals surface area (Å²) in [4.78, 5) is 29.8. The number of aromatic nitrogens is 4. The number of halogens is 1. The predicted octanol–water partition coefficient (Wildman–Crippen LogP) is -1.09. The van der Waals surface area contributed by atoms with E-state index >= 15 is 0 Å². The highest BCUT2D eigenvalue weighted by Gasteiger charge is 2.26. The van der Waals surface area contributed by atoms with Crippen LogP contribution in [0.4, 0.5) is 16.0 Å². The number of hydrogen-bond donors (Lipinski definition) is 4. The van der Waals surface area contributed by atoms with Crippen molar-refractivity contribution in [2.75, 3.05) is 24.7 Å². The van der Waals surface area contributed by atoms with E-state index < -0.39 is 35.3 Å². The monoisotopic (exact) mass is 438 g/mol. The first-order valence-electron chi connectivity index (χ1n) is 9.42. The van der Waals surface area contributed by atoms with Gasteiger partial charge in [-0.05, 0) is 25.0 Å². The van der Waals surface area contributed by atoms with Gasteiger partial charge in [0.1, 0.15) is 18.1 Å². The maximum absolute atomic E-state index is 13.1. The molecule has 0 aliphatic carbocycles. The second-order valence-corrected chi connectivity index (χ2v) is 6.81. The second-order valence-electron chi connectivity index (χ2n) is 6.81. The number of nitrogens with zero attached hydrogens (tertiary/aromatic N) is 4. The molecule has 0 spiro atoms. The van der Waals surface area contributed by atoms with Gasteiger partial charge in [0.2, 0.25) is 0 Å². The smallest absolute Gasteiger partial charge is 0.352 e. The van der Waals surface area contributed by atoms with E-state index in [1.165, 1.54) is 4.57 Å². The van der Waals surface area contributed by atoms with Crippen LogP contribution in [0.3, 0.4) is 0 Å². The van der Waals surface area contributed by atoms with Crippen LogP contribution in [0, 0.1) is 5.82 Å². The summed E-state index contributed by atoms with van der Waals surface area (Å²) in [6.45, 7) is -0.222. The lowest BCUT2D eigenvalue weighted by molar-refractivity contribution is -0.0245. The molecule has 2 aliphatic heterocycles. The zero-order valence-corrected chi connectivity index (χ0v) is 16.4. The summed E-state index contributed by atoms with van der Waals surface area (Å²) >= 11 is 0. The van der Waals surface area contributed by atoms with E-state index in [0.717, 1.165) is 17.2 Å². The second kappa shape index (κ2) is 9.78. The molecule has 1 saturated heterocycles. The van der Waals surface area contributed by atoms with E-state index in [1.807, 2.05) is 0 Å². The summed E-state index contributed by atoms with van der Waals surface area (Å²) in [7, 11) is 0. The average Bonchev–Trinajstić information content (AvgIpc) is 3.40. The fourth-order valence-electron chi connectivity index (χ4n) is 3.06. The Morgan fingerprint density at radius 1 is 1.06 bits per heavy atom. The third-order valence-electron chi connectivity index (χ3n) is 4.64. The normalized spacial score (nSPS) is 24.7. The zero-order chi connectivity index (χ0) is 22.5. The molecule has 13 heteroatoms. The lowest BCUT2D eigenvalue weighted by atomic mass is 10.2. The van der Waals surface area contributed by atoms with E-state index in [2.05, 4.69) is 9.97 Å². The van der Waals surface area contributed by atoms with E-state index in [-0.39, 0.29) is 31.4 Å². The van der Waals surface area contributed by atoms with E-state index in [0.29, 0.717) is 6.42 Å². The topological polar surface area (TPSA) is 181 Å².